The summed E-state index contributed by atoms with van der Waals surface area (Å²) in [5, 5.41) is 6.28. The number of hydrogen-bond donors (Lipinski definition) is 0. The van der Waals surface area contributed by atoms with E-state index in [2.05, 4.69) is 21.0 Å². The fourth-order valence-corrected chi connectivity index (χ4v) is 5.45. The van der Waals surface area contributed by atoms with Gasteiger partial charge in [-0.1, -0.05) is 70.5 Å². The van der Waals surface area contributed by atoms with Crippen molar-refractivity contribution in [3.63, 3.8) is 0 Å². The molecule has 1 heterocycles. The Morgan fingerprint density at radius 2 is 1.82 bits per heavy atom. The number of fused-ring (bicyclic) bond motifs is 1. The van der Waals surface area contributed by atoms with Crippen LogP contribution in [0.2, 0.25) is 10.0 Å². The molecule has 0 unspecified atom stereocenters. The van der Waals surface area contributed by atoms with Crippen LogP contribution in [0.1, 0.15) is 55.0 Å². The smallest absolute Gasteiger partial charge is 0.282 e. The molecule has 6 nitrogen and oxygen atoms in total. The molecule has 0 N–H and O–H groups in total. The molecule has 1 aliphatic carbocycles. The molecule has 1 aliphatic rings. The number of ether oxygens (including phenoxy) is 2. The summed E-state index contributed by atoms with van der Waals surface area (Å²) >= 11 is 15.9. The molecule has 196 valence electrons. The second-order valence-corrected chi connectivity index (χ2v) is 11.1. The lowest BCUT2D eigenvalue weighted by Gasteiger charge is -2.23. The highest BCUT2D eigenvalue weighted by Crippen LogP contribution is 2.35. The van der Waals surface area contributed by atoms with E-state index < -0.39 is 0 Å². The lowest BCUT2D eigenvalue weighted by atomic mass is 9.88. The Balaban J connectivity index is 1.58. The fourth-order valence-electron chi connectivity index (χ4n) is 4.75. The molecule has 0 aliphatic heterocycles. The lowest BCUT2D eigenvalue weighted by Crippen LogP contribution is -2.25. The molecule has 3 aromatic carbocycles. The van der Waals surface area contributed by atoms with Gasteiger partial charge in [-0.25, -0.2) is 4.98 Å². The van der Waals surface area contributed by atoms with E-state index in [0.29, 0.717) is 43.8 Å². The first-order valence-electron chi connectivity index (χ1n) is 12.4. The summed E-state index contributed by atoms with van der Waals surface area (Å²) in [5.41, 5.74) is 1.97. The number of aromatic nitrogens is 2. The van der Waals surface area contributed by atoms with Crippen LogP contribution in [0, 0.1) is 0 Å². The van der Waals surface area contributed by atoms with Gasteiger partial charge in [-0.05, 0) is 54.8 Å². The molecule has 0 amide bonds. The average Bonchev–Trinajstić information content (AvgIpc) is 2.93. The van der Waals surface area contributed by atoms with E-state index in [1.54, 1.807) is 31.5 Å². The summed E-state index contributed by atoms with van der Waals surface area (Å²) in [4.78, 5) is 18.6. The maximum atomic E-state index is 13.7. The van der Waals surface area contributed by atoms with Crippen LogP contribution in [-0.4, -0.2) is 23.0 Å². The minimum atomic E-state index is -0.217. The Hall–Kier alpha value is -2.87. The molecule has 4 aromatic rings. The topological polar surface area (TPSA) is 65.7 Å². The van der Waals surface area contributed by atoms with Crippen LogP contribution in [0.25, 0.3) is 10.9 Å². The molecule has 38 heavy (non-hydrogen) atoms. The zero-order valence-corrected chi connectivity index (χ0v) is 23.9. The minimum Gasteiger partial charge on any atom is -0.493 e. The molecule has 9 heteroatoms. The van der Waals surface area contributed by atoms with Crippen LogP contribution >= 0.6 is 39.1 Å². The Kier molecular flexibility index (Phi) is 8.36. The van der Waals surface area contributed by atoms with E-state index in [1.165, 1.54) is 11.1 Å². The van der Waals surface area contributed by atoms with Crippen molar-refractivity contribution in [1.29, 1.82) is 0 Å². The predicted octanol–water partition coefficient (Wildman–Crippen LogP) is 7.98. The van der Waals surface area contributed by atoms with Crippen molar-refractivity contribution in [1.82, 2.24) is 9.66 Å². The van der Waals surface area contributed by atoms with Crippen molar-refractivity contribution in [2.75, 3.05) is 7.11 Å². The van der Waals surface area contributed by atoms with Crippen molar-refractivity contribution in [3.05, 3.63) is 96.4 Å². The lowest BCUT2D eigenvalue weighted by molar-refractivity contribution is 0.284. The standard InChI is InChI=1S/C29H26BrCl2N3O3/c1-37-26-15-23(32)13-20(27(26)38-17-18-7-10-22(31)11-8-18)16-33-35-28(19-5-3-2-4-6-19)34-25-12-9-21(30)14-24(25)29(35)36/h7-16,19H,2-6,17H2,1H3. The van der Waals surface area contributed by atoms with Gasteiger partial charge in [0.25, 0.3) is 5.56 Å². The molecule has 0 saturated heterocycles. The van der Waals surface area contributed by atoms with Gasteiger partial charge >= 0.3 is 0 Å². The Labute approximate surface area is 239 Å². The third-order valence-corrected chi connectivity index (χ3v) is 7.64. The summed E-state index contributed by atoms with van der Waals surface area (Å²) in [6.07, 6.45) is 6.95. The summed E-state index contributed by atoms with van der Waals surface area (Å²) in [6.45, 7) is 0.287. The van der Waals surface area contributed by atoms with Crippen molar-refractivity contribution in [2.24, 2.45) is 5.10 Å². The van der Waals surface area contributed by atoms with Gasteiger partial charge in [0.05, 0.1) is 24.2 Å². The van der Waals surface area contributed by atoms with E-state index in [1.807, 2.05) is 36.4 Å². The zero-order chi connectivity index (χ0) is 26.6. The molecule has 5 rings (SSSR count). The van der Waals surface area contributed by atoms with Gasteiger partial charge in [-0.3, -0.25) is 4.79 Å². The maximum absolute atomic E-state index is 13.7. The van der Waals surface area contributed by atoms with Gasteiger partial charge in [0.15, 0.2) is 11.5 Å². The molecule has 0 radical (unpaired) electrons. The van der Waals surface area contributed by atoms with Crippen LogP contribution in [0.5, 0.6) is 11.5 Å². The Morgan fingerprint density at radius 3 is 2.55 bits per heavy atom. The van der Waals surface area contributed by atoms with Crippen LogP contribution in [0.4, 0.5) is 0 Å². The Morgan fingerprint density at radius 1 is 1.05 bits per heavy atom. The second kappa shape index (κ2) is 11.9. The largest absolute Gasteiger partial charge is 0.493 e. The Bertz CT molecular complexity index is 1550. The van der Waals surface area contributed by atoms with Crippen LogP contribution in [-0.2, 0) is 6.61 Å². The monoisotopic (exact) mass is 613 g/mol. The normalized spacial score (nSPS) is 14.3. The van der Waals surface area contributed by atoms with Crippen LogP contribution in [0.15, 0.2) is 69.0 Å². The van der Waals surface area contributed by atoms with Gasteiger partial charge in [-0.2, -0.15) is 9.78 Å². The number of methoxy groups -OCH3 is 1. The number of rotatable bonds is 7. The summed E-state index contributed by atoms with van der Waals surface area (Å²) in [5.74, 6) is 1.78. The quantitative estimate of drug-likeness (QED) is 0.198. The summed E-state index contributed by atoms with van der Waals surface area (Å²) in [6, 6.07) is 16.4. The van der Waals surface area contributed by atoms with Gasteiger partial charge in [0.1, 0.15) is 12.4 Å². The molecule has 0 bridgehead atoms. The highest BCUT2D eigenvalue weighted by Gasteiger charge is 2.23. The highest BCUT2D eigenvalue weighted by atomic mass is 79.9. The van der Waals surface area contributed by atoms with Crippen molar-refractivity contribution in [2.45, 2.75) is 44.6 Å². The molecule has 0 spiro atoms. The van der Waals surface area contributed by atoms with Crippen LogP contribution < -0.4 is 15.0 Å². The fraction of sp³-hybridized carbons (Fsp3) is 0.276. The minimum absolute atomic E-state index is 0.163. The third-order valence-electron chi connectivity index (χ3n) is 6.68. The van der Waals surface area contributed by atoms with Crippen LogP contribution in [0.3, 0.4) is 0 Å². The number of benzene rings is 3. The van der Waals surface area contributed by atoms with Crippen molar-refractivity contribution < 1.29 is 9.47 Å². The molecular weight excluding hydrogens is 589 g/mol. The first-order chi connectivity index (χ1) is 18.4. The molecule has 0 atom stereocenters. The molecule has 1 aromatic heterocycles. The van der Waals surface area contributed by atoms with E-state index in [9.17, 15) is 4.79 Å². The third kappa shape index (κ3) is 5.90. The summed E-state index contributed by atoms with van der Waals surface area (Å²) < 4.78 is 14.0. The van der Waals surface area contributed by atoms with Crippen molar-refractivity contribution >= 4 is 56.2 Å². The van der Waals surface area contributed by atoms with E-state index in [4.69, 9.17) is 37.7 Å². The zero-order valence-electron chi connectivity index (χ0n) is 20.8. The SMILES string of the molecule is COc1cc(Cl)cc(C=Nn2c(C3CCCCC3)nc3ccc(Br)cc3c2=O)c1OCc1ccc(Cl)cc1. The number of hydrogen-bond acceptors (Lipinski definition) is 5. The van der Waals surface area contributed by atoms with Gasteiger partial charge in [0.2, 0.25) is 0 Å². The maximum Gasteiger partial charge on any atom is 0.282 e. The average molecular weight is 615 g/mol. The highest BCUT2D eigenvalue weighted by molar-refractivity contribution is 9.10. The van der Waals surface area contributed by atoms with E-state index in [-0.39, 0.29) is 18.1 Å². The number of halogens is 3. The first-order valence-corrected chi connectivity index (χ1v) is 14.0. The predicted molar refractivity (Wildman–Crippen MR) is 156 cm³/mol. The van der Waals surface area contributed by atoms with Crippen molar-refractivity contribution in [3.8, 4) is 11.5 Å². The molecular formula is C29H26BrCl2N3O3. The summed E-state index contributed by atoms with van der Waals surface area (Å²) in [7, 11) is 1.55. The second-order valence-electron chi connectivity index (χ2n) is 9.27. The molecule has 1 saturated carbocycles. The van der Waals surface area contributed by atoms with E-state index >= 15 is 0 Å². The molecule has 1 fully saturated rings. The van der Waals surface area contributed by atoms with E-state index in [0.717, 1.165) is 35.7 Å². The van der Waals surface area contributed by atoms with Gasteiger partial charge in [-0.15, -0.1) is 0 Å². The number of nitrogens with zero attached hydrogens (tertiary/aromatic N) is 3. The van der Waals surface area contributed by atoms with Gasteiger partial charge < -0.3 is 9.47 Å². The first kappa shape index (κ1) is 26.7. The van der Waals surface area contributed by atoms with Gasteiger partial charge in [0, 0.05) is 32.1 Å².